The van der Waals surface area contributed by atoms with Crippen LogP contribution < -0.4 is 0 Å². The summed E-state index contributed by atoms with van der Waals surface area (Å²) in [6, 6.07) is 3.58. The number of aliphatic imine (C=N–C) groups is 1. The Morgan fingerprint density at radius 3 is 2.80 bits per heavy atom. The van der Waals surface area contributed by atoms with Gasteiger partial charge in [0.05, 0.1) is 28.0 Å². The van der Waals surface area contributed by atoms with E-state index >= 15 is 0 Å². The highest BCUT2D eigenvalue weighted by Gasteiger charge is 2.49. The number of nitrogens with zero attached hydrogens (tertiary/aromatic N) is 2. The predicted molar refractivity (Wildman–Crippen MR) is 113 cm³/mol. The van der Waals surface area contributed by atoms with Crippen molar-refractivity contribution in [2.24, 2.45) is 10.9 Å². The largest absolute Gasteiger partial charge is 0.460 e. The first kappa shape index (κ1) is 22.7. The van der Waals surface area contributed by atoms with Gasteiger partial charge >= 0.3 is 5.97 Å². The maximum atomic E-state index is 15.0. The molecule has 30 heavy (non-hydrogen) atoms. The fourth-order valence-corrected chi connectivity index (χ4v) is 5.45. The smallest absolute Gasteiger partial charge is 0.312 e. The number of hydrogen-bond donors (Lipinski definition) is 0. The fourth-order valence-electron chi connectivity index (χ4n) is 4.20. The highest BCUT2D eigenvalue weighted by molar-refractivity contribution is 8.14. The minimum atomic E-state index is -0.951. The highest BCUT2D eigenvalue weighted by Crippen LogP contribution is 2.51. The fraction of sp³-hybridized carbons (Fsp3) is 0.619. The first-order valence-corrected chi connectivity index (χ1v) is 10.9. The minimum absolute atomic E-state index is 0.000654. The Morgan fingerprint density at radius 2 is 2.17 bits per heavy atom. The van der Waals surface area contributed by atoms with E-state index in [1.165, 1.54) is 17.8 Å². The van der Waals surface area contributed by atoms with Gasteiger partial charge in [-0.1, -0.05) is 0 Å². The zero-order valence-corrected chi connectivity index (χ0v) is 18.5. The second kappa shape index (κ2) is 8.63. The second-order valence-corrected chi connectivity index (χ2v) is 9.85. The standard InChI is InChI=1S/C21H27FN2O5S/c1-20(2,3)29-19(25)11-18-23-21(8-7-15(28-4)9-13(21)12-30-18)16-10-14(24(26)27)5-6-17(16)22/h5-6,10,13,15H,7-9,11-12H2,1-4H3/t13-,15-,21-/m0/s1. The van der Waals surface area contributed by atoms with E-state index < -0.39 is 27.8 Å². The Bertz CT molecular complexity index is 869. The third kappa shape index (κ3) is 4.83. The lowest BCUT2D eigenvalue weighted by Crippen LogP contribution is -2.46. The van der Waals surface area contributed by atoms with Crippen molar-refractivity contribution < 1.29 is 23.6 Å². The minimum Gasteiger partial charge on any atom is -0.460 e. The van der Waals surface area contributed by atoms with Crippen molar-refractivity contribution in [2.45, 2.75) is 63.7 Å². The molecule has 1 fully saturated rings. The van der Waals surface area contributed by atoms with Crippen LogP contribution in [0.4, 0.5) is 10.1 Å². The molecule has 0 amide bonds. The molecule has 0 bridgehead atoms. The van der Waals surface area contributed by atoms with Crippen LogP contribution in [-0.4, -0.2) is 40.5 Å². The SMILES string of the molecule is CO[C@H]1CC[C@]2(c3cc([N+](=O)[O-])ccc3F)N=C(CC(=O)OC(C)(C)C)SC[C@@H]2C1. The van der Waals surface area contributed by atoms with Gasteiger partial charge in [0.15, 0.2) is 0 Å². The number of hydrogen-bond acceptors (Lipinski definition) is 7. The van der Waals surface area contributed by atoms with Crippen LogP contribution in [0, 0.1) is 21.8 Å². The Kier molecular flexibility index (Phi) is 6.52. The number of carbonyl (C=O) groups is 1. The van der Waals surface area contributed by atoms with Crippen LogP contribution in [0.25, 0.3) is 0 Å². The van der Waals surface area contributed by atoms with E-state index in [1.807, 2.05) is 0 Å². The number of thioether (sulfide) groups is 1. The summed E-state index contributed by atoms with van der Waals surface area (Å²) in [6.45, 7) is 5.38. The van der Waals surface area contributed by atoms with Crippen molar-refractivity contribution >= 4 is 28.5 Å². The van der Waals surface area contributed by atoms with Gasteiger partial charge in [0.25, 0.3) is 5.69 Å². The highest BCUT2D eigenvalue weighted by atomic mass is 32.2. The molecule has 1 aromatic carbocycles. The van der Waals surface area contributed by atoms with Crippen LogP contribution in [0.3, 0.4) is 0 Å². The summed E-state index contributed by atoms with van der Waals surface area (Å²) in [7, 11) is 1.65. The van der Waals surface area contributed by atoms with Crippen molar-refractivity contribution in [2.75, 3.05) is 12.9 Å². The number of benzene rings is 1. The van der Waals surface area contributed by atoms with Crippen LogP contribution in [0.15, 0.2) is 23.2 Å². The molecule has 0 saturated heterocycles. The number of rotatable bonds is 5. The molecule has 1 heterocycles. The number of methoxy groups -OCH3 is 1. The van der Waals surface area contributed by atoms with E-state index in [2.05, 4.69) is 0 Å². The number of nitro benzene ring substituents is 1. The Balaban J connectivity index is 2.02. The Hall–Kier alpha value is -2.00. The van der Waals surface area contributed by atoms with Gasteiger partial charge in [-0.05, 0) is 46.1 Å². The maximum absolute atomic E-state index is 15.0. The van der Waals surface area contributed by atoms with Gasteiger partial charge in [0, 0.05) is 36.5 Å². The molecule has 3 atom stereocenters. The number of fused-ring (bicyclic) bond motifs is 1. The van der Waals surface area contributed by atoms with Crippen LogP contribution >= 0.6 is 11.8 Å². The van der Waals surface area contributed by atoms with Gasteiger partial charge in [-0.2, -0.15) is 0 Å². The summed E-state index contributed by atoms with van der Waals surface area (Å²) in [5.41, 5.74) is -1.51. The van der Waals surface area contributed by atoms with Crippen molar-refractivity contribution in [1.82, 2.24) is 0 Å². The van der Waals surface area contributed by atoms with Gasteiger partial charge in [0.1, 0.15) is 11.4 Å². The zero-order valence-electron chi connectivity index (χ0n) is 17.6. The molecule has 1 aliphatic carbocycles. The molecule has 0 unspecified atom stereocenters. The summed E-state index contributed by atoms with van der Waals surface area (Å²) in [6.07, 6.45) is 1.86. The molecule has 2 aliphatic rings. The maximum Gasteiger partial charge on any atom is 0.312 e. The Labute approximate surface area is 179 Å². The van der Waals surface area contributed by atoms with Crippen molar-refractivity contribution in [1.29, 1.82) is 0 Å². The number of carbonyl (C=O) groups excluding carboxylic acids is 1. The quantitative estimate of drug-likeness (QED) is 0.378. The van der Waals surface area contributed by atoms with Crippen molar-refractivity contribution in [3.05, 3.63) is 39.7 Å². The third-order valence-electron chi connectivity index (χ3n) is 5.52. The van der Waals surface area contributed by atoms with Crippen LogP contribution in [0.1, 0.15) is 52.0 Å². The van der Waals surface area contributed by atoms with Crippen LogP contribution in [0.5, 0.6) is 0 Å². The van der Waals surface area contributed by atoms with E-state index in [0.29, 0.717) is 30.1 Å². The van der Waals surface area contributed by atoms with Gasteiger partial charge in [-0.25, -0.2) is 4.39 Å². The molecule has 0 aromatic heterocycles. The summed E-state index contributed by atoms with van der Waals surface area (Å²) in [4.78, 5) is 28.0. The van der Waals surface area contributed by atoms with Crippen LogP contribution in [0.2, 0.25) is 0 Å². The number of ether oxygens (including phenoxy) is 2. The monoisotopic (exact) mass is 438 g/mol. The average molecular weight is 439 g/mol. The van der Waals surface area contributed by atoms with E-state index in [9.17, 15) is 19.3 Å². The second-order valence-electron chi connectivity index (χ2n) is 8.75. The van der Waals surface area contributed by atoms with E-state index in [1.54, 1.807) is 27.9 Å². The average Bonchev–Trinajstić information content (AvgIpc) is 2.66. The van der Waals surface area contributed by atoms with Crippen LogP contribution in [-0.2, 0) is 19.8 Å². The molecule has 9 heteroatoms. The van der Waals surface area contributed by atoms with Gasteiger partial charge < -0.3 is 9.47 Å². The molecule has 0 N–H and O–H groups in total. The lowest BCUT2D eigenvalue weighted by Gasteiger charge is -2.46. The predicted octanol–water partition coefficient (Wildman–Crippen LogP) is 4.62. The number of non-ortho nitro benzene ring substituents is 1. The van der Waals surface area contributed by atoms with E-state index in [-0.39, 0.29) is 29.7 Å². The number of nitro groups is 1. The summed E-state index contributed by atoms with van der Waals surface area (Å²) < 4.78 is 25.9. The first-order valence-electron chi connectivity index (χ1n) is 9.94. The Morgan fingerprint density at radius 1 is 1.43 bits per heavy atom. The van der Waals surface area contributed by atoms with Gasteiger partial charge in [0.2, 0.25) is 0 Å². The van der Waals surface area contributed by atoms with Crippen molar-refractivity contribution in [3.63, 3.8) is 0 Å². The van der Waals surface area contributed by atoms with Gasteiger partial charge in [-0.15, -0.1) is 11.8 Å². The summed E-state index contributed by atoms with van der Waals surface area (Å²) >= 11 is 1.46. The lowest BCUT2D eigenvalue weighted by molar-refractivity contribution is -0.385. The molecule has 164 valence electrons. The summed E-state index contributed by atoms with van der Waals surface area (Å²) in [5, 5.41) is 11.9. The molecule has 1 saturated carbocycles. The molecule has 7 nitrogen and oxygen atoms in total. The van der Waals surface area contributed by atoms with E-state index in [4.69, 9.17) is 14.5 Å². The topological polar surface area (TPSA) is 91.0 Å². The third-order valence-corrected chi connectivity index (χ3v) is 6.66. The molecule has 3 rings (SSSR count). The lowest BCUT2D eigenvalue weighted by atomic mass is 9.68. The number of esters is 1. The summed E-state index contributed by atoms with van der Waals surface area (Å²) in [5.74, 6) is -0.342. The molecule has 1 aromatic rings. The normalized spacial score (nSPS) is 26.5. The van der Waals surface area contributed by atoms with Crippen molar-refractivity contribution in [3.8, 4) is 0 Å². The zero-order chi connectivity index (χ0) is 22.1. The molecular formula is C21H27FN2O5S. The van der Waals surface area contributed by atoms with Gasteiger partial charge in [-0.3, -0.25) is 19.9 Å². The number of halogens is 1. The first-order chi connectivity index (χ1) is 14.0. The molecule has 0 spiro atoms. The molecular weight excluding hydrogens is 411 g/mol. The van der Waals surface area contributed by atoms with E-state index in [0.717, 1.165) is 12.1 Å². The molecule has 1 aliphatic heterocycles. The molecule has 0 radical (unpaired) electrons.